The quantitative estimate of drug-likeness (QED) is 0.847. The lowest BCUT2D eigenvalue weighted by molar-refractivity contribution is -0.0398. The number of morpholine rings is 1. The summed E-state index contributed by atoms with van der Waals surface area (Å²) in [5.74, 6) is 0.686. The molecule has 1 N–H and O–H groups in total. The van der Waals surface area contributed by atoms with Crippen LogP contribution in [-0.4, -0.2) is 80.0 Å². The third kappa shape index (κ3) is 5.90. The number of amides is 1. The summed E-state index contributed by atoms with van der Waals surface area (Å²) < 4.78 is 11.2. The van der Waals surface area contributed by atoms with Crippen molar-refractivity contribution in [2.45, 2.75) is 58.2 Å². The number of rotatable bonds is 4. The molecule has 2 fully saturated rings. The molecule has 0 radical (unpaired) electrons. The molecule has 140 valence electrons. The molecule has 0 aromatic heterocycles. The average molecular weight is 341 g/mol. The van der Waals surface area contributed by atoms with Crippen LogP contribution in [0.3, 0.4) is 0 Å². The zero-order valence-electron chi connectivity index (χ0n) is 16.0. The number of ether oxygens (including phenoxy) is 2. The molecule has 3 unspecified atom stereocenters. The van der Waals surface area contributed by atoms with Crippen molar-refractivity contribution < 1.29 is 14.3 Å². The Kier molecular flexibility index (Phi) is 6.89. The van der Waals surface area contributed by atoms with E-state index in [0.717, 1.165) is 13.1 Å². The maximum absolute atomic E-state index is 12.5. The average Bonchev–Trinajstić information content (AvgIpc) is 2.51. The molecule has 2 rings (SSSR count). The highest BCUT2D eigenvalue weighted by Crippen LogP contribution is 2.18. The molecule has 2 saturated heterocycles. The Morgan fingerprint density at radius 1 is 1.38 bits per heavy atom. The monoisotopic (exact) mass is 341 g/mol. The van der Waals surface area contributed by atoms with E-state index < -0.39 is 5.60 Å². The van der Waals surface area contributed by atoms with Crippen LogP contribution in [0.1, 0.15) is 40.5 Å². The fourth-order valence-corrected chi connectivity index (χ4v) is 3.51. The lowest BCUT2D eigenvalue weighted by Gasteiger charge is -2.40. The summed E-state index contributed by atoms with van der Waals surface area (Å²) in [6, 6.07) is 0.208. The van der Waals surface area contributed by atoms with Gasteiger partial charge in [0.15, 0.2) is 0 Å². The molecule has 0 aromatic carbocycles. The largest absolute Gasteiger partial charge is 0.444 e. The van der Waals surface area contributed by atoms with Crippen molar-refractivity contribution in [3.63, 3.8) is 0 Å². The van der Waals surface area contributed by atoms with Crippen LogP contribution in [0.4, 0.5) is 4.79 Å². The van der Waals surface area contributed by atoms with Gasteiger partial charge in [-0.2, -0.15) is 0 Å². The minimum absolute atomic E-state index is 0.0231. The molecule has 0 aliphatic carbocycles. The van der Waals surface area contributed by atoms with Crippen molar-refractivity contribution in [3.05, 3.63) is 0 Å². The number of hydrogen-bond acceptors (Lipinski definition) is 5. The summed E-state index contributed by atoms with van der Waals surface area (Å²) >= 11 is 0. The third-order valence-electron chi connectivity index (χ3n) is 4.82. The Morgan fingerprint density at radius 2 is 2.12 bits per heavy atom. The van der Waals surface area contributed by atoms with E-state index in [-0.39, 0.29) is 18.2 Å². The minimum atomic E-state index is -0.469. The molecule has 2 heterocycles. The molecule has 6 heteroatoms. The van der Waals surface area contributed by atoms with Gasteiger partial charge in [0.2, 0.25) is 0 Å². The fourth-order valence-electron chi connectivity index (χ4n) is 3.51. The van der Waals surface area contributed by atoms with Gasteiger partial charge >= 0.3 is 6.09 Å². The van der Waals surface area contributed by atoms with Crippen molar-refractivity contribution in [1.82, 2.24) is 15.1 Å². The summed E-state index contributed by atoms with van der Waals surface area (Å²) in [4.78, 5) is 16.7. The maximum atomic E-state index is 12.5. The predicted molar refractivity (Wildman–Crippen MR) is 95.2 cm³/mol. The minimum Gasteiger partial charge on any atom is -0.444 e. The van der Waals surface area contributed by atoms with Gasteiger partial charge in [0.1, 0.15) is 5.60 Å². The van der Waals surface area contributed by atoms with Crippen LogP contribution < -0.4 is 5.32 Å². The zero-order valence-corrected chi connectivity index (χ0v) is 16.0. The zero-order chi connectivity index (χ0) is 17.7. The van der Waals surface area contributed by atoms with E-state index in [4.69, 9.17) is 9.47 Å². The highest BCUT2D eigenvalue weighted by molar-refractivity contribution is 5.68. The molecule has 3 atom stereocenters. The van der Waals surface area contributed by atoms with Gasteiger partial charge in [0.25, 0.3) is 0 Å². The topological polar surface area (TPSA) is 54.0 Å². The molecule has 0 spiro atoms. The summed E-state index contributed by atoms with van der Waals surface area (Å²) in [5.41, 5.74) is -0.469. The van der Waals surface area contributed by atoms with Crippen molar-refractivity contribution >= 4 is 6.09 Å². The highest BCUT2D eigenvalue weighted by Gasteiger charge is 2.34. The van der Waals surface area contributed by atoms with Gasteiger partial charge in [-0.3, -0.25) is 4.90 Å². The molecular weight excluding hydrogens is 306 g/mol. The Morgan fingerprint density at radius 3 is 2.79 bits per heavy atom. The van der Waals surface area contributed by atoms with Crippen LogP contribution >= 0.6 is 0 Å². The summed E-state index contributed by atoms with van der Waals surface area (Å²) in [6.07, 6.45) is 2.32. The van der Waals surface area contributed by atoms with Crippen molar-refractivity contribution in [2.24, 2.45) is 5.92 Å². The first-order chi connectivity index (χ1) is 11.3. The third-order valence-corrected chi connectivity index (χ3v) is 4.82. The summed E-state index contributed by atoms with van der Waals surface area (Å²) in [6.45, 7) is 12.9. The molecule has 0 bridgehead atoms. The Labute approximate surface area is 146 Å². The van der Waals surface area contributed by atoms with E-state index in [2.05, 4.69) is 24.2 Å². The molecule has 0 aromatic rings. The van der Waals surface area contributed by atoms with Crippen molar-refractivity contribution in [1.29, 1.82) is 0 Å². The number of piperidine rings is 1. The molecule has 24 heavy (non-hydrogen) atoms. The van der Waals surface area contributed by atoms with Crippen LogP contribution in [0.25, 0.3) is 0 Å². The van der Waals surface area contributed by atoms with Crippen LogP contribution in [0.5, 0.6) is 0 Å². The van der Waals surface area contributed by atoms with Gasteiger partial charge in [-0.15, -0.1) is 0 Å². The summed E-state index contributed by atoms with van der Waals surface area (Å²) in [5, 5.41) is 3.63. The van der Waals surface area contributed by atoms with E-state index in [1.807, 2.05) is 25.7 Å². The molecular formula is C18H35N3O3. The molecule has 0 saturated carbocycles. The SMILES string of the molecule is CC(NCC1CCCN(C)C1)C1COCCN1C(=O)OC(C)(C)C. The molecule has 6 nitrogen and oxygen atoms in total. The van der Waals surface area contributed by atoms with E-state index in [1.165, 1.54) is 19.4 Å². The number of carbonyl (C=O) groups is 1. The van der Waals surface area contributed by atoms with Gasteiger partial charge in [0, 0.05) is 19.1 Å². The van der Waals surface area contributed by atoms with Crippen LogP contribution in [0.2, 0.25) is 0 Å². The van der Waals surface area contributed by atoms with E-state index in [0.29, 0.717) is 25.7 Å². The molecule has 2 aliphatic rings. The normalized spacial score (nSPS) is 27.8. The first-order valence-corrected chi connectivity index (χ1v) is 9.25. The lowest BCUT2D eigenvalue weighted by atomic mass is 9.97. The number of nitrogens with one attached hydrogen (secondary N) is 1. The Hall–Kier alpha value is -0.850. The van der Waals surface area contributed by atoms with Gasteiger partial charge < -0.3 is 19.7 Å². The summed E-state index contributed by atoms with van der Waals surface area (Å²) in [7, 11) is 2.19. The Balaban J connectivity index is 1.87. The number of nitrogens with zero attached hydrogens (tertiary/aromatic N) is 2. The number of hydrogen-bond donors (Lipinski definition) is 1. The maximum Gasteiger partial charge on any atom is 0.410 e. The van der Waals surface area contributed by atoms with E-state index >= 15 is 0 Å². The van der Waals surface area contributed by atoms with E-state index in [9.17, 15) is 4.79 Å². The highest BCUT2D eigenvalue weighted by atomic mass is 16.6. The van der Waals surface area contributed by atoms with Crippen LogP contribution in [0.15, 0.2) is 0 Å². The van der Waals surface area contributed by atoms with Crippen molar-refractivity contribution in [2.75, 3.05) is 46.4 Å². The van der Waals surface area contributed by atoms with Gasteiger partial charge in [-0.05, 0) is 66.6 Å². The smallest absolute Gasteiger partial charge is 0.410 e. The lowest BCUT2D eigenvalue weighted by Crippen LogP contribution is -2.58. The van der Waals surface area contributed by atoms with Gasteiger partial charge in [0.05, 0.1) is 19.3 Å². The Bertz CT molecular complexity index is 411. The van der Waals surface area contributed by atoms with Gasteiger partial charge in [-0.25, -0.2) is 4.79 Å². The van der Waals surface area contributed by atoms with Crippen LogP contribution in [-0.2, 0) is 9.47 Å². The first-order valence-electron chi connectivity index (χ1n) is 9.25. The van der Waals surface area contributed by atoms with Crippen molar-refractivity contribution in [3.8, 4) is 0 Å². The molecule has 2 aliphatic heterocycles. The molecule has 1 amide bonds. The van der Waals surface area contributed by atoms with E-state index in [1.54, 1.807) is 0 Å². The number of carbonyl (C=O) groups excluding carboxylic acids is 1. The van der Waals surface area contributed by atoms with Gasteiger partial charge in [-0.1, -0.05) is 0 Å². The first kappa shape index (κ1) is 19.5. The number of likely N-dealkylation sites (tertiary alicyclic amines) is 1. The second-order valence-corrected chi connectivity index (χ2v) is 8.28. The predicted octanol–water partition coefficient (Wildman–Crippen LogP) is 1.94. The second-order valence-electron chi connectivity index (χ2n) is 8.28. The van der Waals surface area contributed by atoms with Crippen LogP contribution in [0, 0.1) is 5.92 Å². The standard InChI is InChI=1S/C18H35N3O3/c1-14(19-11-15-7-6-8-20(5)12-15)16-13-23-10-9-21(16)17(22)24-18(2,3)4/h14-16,19H,6-13H2,1-5H3. The second kappa shape index (κ2) is 8.50. The fraction of sp³-hybridized carbons (Fsp3) is 0.944.